The lowest BCUT2D eigenvalue weighted by atomic mass is 10.2. The minimum atomic E-state index is -4.52. The Bertz CT molecular complexity index is 692. The van der Waals surface area contributed by atoms with E-state index < -0.39 is 23.9 Å². The molecule has 2 rings (SSSR count). The van der Waals surface area contributed by atoms with Crippen molar-refractivity contribution in [1.82, 2.24) is 24.9 Å². The fourth-order valence-corrected chi connectivity index (χ4v) is 2.05. The topological polar surface area (TPSA) is 74.0 Å². The first kappa shape index (κ1) is 17.0. The average molecular weight is 331 g/mol. The summed E-state index contributed by atoms with van der Waals surface area (Å²) in [5, 5.41) is 9.86. The molecule has 0 spiro atoms. The van der Waals surface area contributed by atoms with Gasteiger partial charge in [0.15, 0.2) is 11.8 Å². The number of carbonyl (C=O) groups is 1. The van der Waals surface area contributed by atoms with Crippen molar-refractivity contribution < 1.29 is 22.7 Å². The number of alkyl halides is 3. The van der Waals surface area contributed by atoms with Crippen molar-refractivity contribution in [3.63, 3.8) is 0 Å². The molecule has 7 nitrogen and oxygen atoms in total. The summed E-state index contributed by atoms with van der Waals surface area (Å²) in [6, 6.07) is 0.895. The van der Waals surface area contributed by atoms with Crippen molar-refractivity contribution in [3.05, 3.63) is 35.4 Å². The number of halogens is 3. The largest absolute Gasteiger partial charge is 0.435 e. The van der Waals surface area contributed by atoms with E-state index in [1.165, 1.54) is 25.0 Å². The van der Waals surface area contributed by atoms with Gasteiger partial charge in [0.25, 0.3) is 5.91 Å². The molecule has 0 aromatic carbocycles. The highest BCUT2D eigenvalue weighted by atomic mass is 19.4. The molecule has 0 fully saturated rings. The van der Waals surface area contributed by atoms with Crippen LogP contribution in [0.25, 0.3) is 0 Å². The standard InChI is InChI=1S/C13H16F3N5O2/c1-20-7-8(5-18-20)11(23-3)12(22)17-6-9-4-10(13(14,15)16)19-21(9)2/h4-5,7,11H,6H2,1-3H3,(H,17,22). The van der Waals surface area contributed by atoms with Crippen molar-refractivity contribution in [2.45, 2.75) is 18.8 Å². The molecule has 0 aliphatic heterocycles. The zero-order valence-electron chi connectivity index (χ0n) is 12.8. The van der Waals surface area contributed by atoms with Crippen molar-refractivity contribution in [1.29, 1.82) is 0 Å². The number of ether oxygens (including phenoxy) is 1. The number of rotatable bonds is 5. The Hall–Kier alpha value is -2.36. The predicted octanol–water partition coefficient (Wildman–Crippen LogP) is 1.18. The summed E-state index contributed by atoms with van der Waals surface area (Å²) in [5.74, 6) is -0.477. The number of hydrogen-bond donors (Lipinski definition) is 1. The summed E-state index contributed by atoms with van der Waals surface area (Å²) in [6.45, 7) is -0.0987. The zero-order valence-corrected chi connectivity index (χ0v) is 12.8. The van der Waals surface area contributed by atoms with Crippen molar-refractivity contribution in [2.24, 2.45) is 14.1 Å². The molecule has 0 aliphatic carbocycles. The van der Waals surface area contributed by atoms with Gasteiger partial charge in [-0.25, -0.2) is 0 Å². The number of nitrogens with zero attached hydrogens (tertiary/aromatic N) is 4. The van der Waals surface area contributed by atoms with Gasteiger partial charge in [-0.15, -0.1) is 0 Å². The van der Waals surface area contributed by atoms with Gasteiger partial charge >= 0.3 is 6.18 Å². The first-order valence-corrected chi connectivity index (χ1v) is 6.61. The zero-order chi connectivity index (χ0) is 17.2. The second kappa shape index (κ2) is 6.41. The Morgan fingerprint density at radius 2 is 2.13 bits per heavy atom. The van der Waals surface area contributed by atoms with E-state index in [-0.39, 0.29) is 12.2 Å². The number of methoxy groups -OCH3 is 1. The lowest BCUT2D eigenvalue weighted by molar-refractivity contribution is -0.141. The van der Waals surface area contributed by atoms with Crippen LogP contribution in [0.2, 0.25) is 0 Å². The monoisotopic (exact) mass is 331 g/mol. The third-order valence-electron chi connectivity index (χ3n) is 3.21. The van der Waals surface area contributed by atoms with Gasteiger partial charge in [-0.2, -0.15) is 23.4 Å². The van der Waals surface area contributed by atoms with Crippen LogP contribution >= 0.6 is 0 Å². The molecular formula is C13H16F3N5O2. The van der Waals surface area contributed by atoms with Gasteiger partial charge in [-0.3, -0.25) is 14.2 Å². The smallest absolute Gasteiger partial charge is 0.367 e. The maximum Gasteiger partial charge on any atom is 0.435 e. The number of aromatic nitrogens is 4. The van der Waals surface area contributed by atoms with Crippen LogP contribution in [0, 0.1) is 0 Å². The highest BCUT2D eigenvalue weighted by molar-refractivity contribution is 5.82. The van der Waals surface area contributed by atoms with Gasteiger partial charge < -0.3 is 10.1 Å². The molecular weight excluding hydrogens is 315 g/mol. The van der Waals surface area contributed by atoms with E-state index in [4.69, 9.17) is 4.74 Å². The van der Waals surface area contributed by atoms with Crippen LogP contribution < -0.4 is 5.32 Å². The van der Waals surface area contributed by atoms with Crippen molar-refractivity contribution in [2.75, 3.05) is 7.11 Å². The van der Waals surface area contributed by atoms with E-state index in [2.05, 4.69) is 15.5 Å². The number of hydrogen-bond acceptors (Lipinski definition) is 4. The molecule has 2 aromatic heterocycles. The Morgan fingerprint density at radius 1 is 1.43 bits per heavy atom. The fraction of sp³-hybridized carbons (Fsp3) is 0.462. The number of amides is 1. The molecule has 0 saturated heterocycles. The van der Waals surface area contributed by atoms with E-state index in [0.29, 0.717) is 5.56 Å². The SMILES string of the molecule is COC(C(=O)NCc1cc(C(F)(F)F)nn1C)c1cnn(C)c1. The molecule has 1 amide bonds. The molecule has 2 heterocycles. The first-order chi connectivity index (χ1) is 10.7. The van der Waals surface area contributed by atoms with Crippen molar-refractivity contribution >= 4 is 5.91 Å². The van der Waals surface area contributed by atoms with Crippen LogP contribution in [0.3, 0.4) is 0 Å². The molecule has 23 heavy (non-hydrogen) atoms. The maximum absolute atomic E-state index is 12.6. The van der Waals surface area contributed by atoms with Gasteiger partial charge in [0.2, 0.25) is 0 Å². The molecule has 2 aromatic rings. The van der Waals surface area contributed by atoms with Gasteiger partial charge in [0, 0.05) is 33.0 Å². The quantitative estimate of drug-likeness (QED) is 0.893. The fourth-order valence-electron chi connectivity index (χ4n) is 2.05. The number of carbonyl (C=O) groups excluding carboxylic acids is 1. The maximum atomic E-state index is 12.6. The summed E-state index contributed by atoms with van der Waals surface area (Å²) in [5.41, 5.74) is -0.222. The van der Waals surface area contributed by atoms with E-state index in [1.54, 1.807) is 13.2 Å². The Labute approximate surface area is 130 Å². The molecule has 1 N–H and O–H groups in total. The van der Waals surface area contributed by atoms with Crippen molar-refractivity contribution in [3.8, 4) is 0 Å². The number of nitrogens with one attached hydrogen (secondary N) is 1. The molecule has 0 bridgehead atoms. The Balaban J connectivity index is 2.05. The molecule has 0 aliphatic rings. The first-order valence-electron chi connectivity index (χ1n) is 6.61. The molecule has 1 unspecified atom stereocenters. The summed E-state index contributed by atoms with van der Waals surface area (Å²) < 4.78 is 45.5. The molecule has 1 atom stereocenters. The summed E-state index contributed by atoms with van der Waals surface area (Å²) in [4.78, 5) is 12.1. The molecule has 126 valence electrons. The Morgan fingerprint density at radius 3 is 2.61 bits per heavy atom. The van der Waals surface area contributed by atoms with Crippen LogP contribution in [-0.4, -0.2) is 32.6 Å². The second-order valence-corrected chi connectivity index (χ2v) is 4.92. The minimum absolute atomic E-state index is 0.0987. The van der Waals surface area contributed by atoms with Crippen LogP contribution in [0.1, 0.15) is 23.1 Å². The molecule has 0 saturated carbocycles. The van der Waals surface area contributed by atoms with Gasteiger partial charge in [0.1, 0.15) is 0 Å². The normalized spacial score (nSPS) is 13.1. The van der Waals surface area contributed by atoms with E-state index in [1.807, 2.05) is 0 Å². The summed E-state index contributed by atoms with van der Waals surface area (Å²) in [6.07, 6.45) is -2.30. The third kappa shape index (κ3) is 3.89. The predicted molar refractivity (Wildman–Crippen MR) is 73.0 cm³/mol. The van der Waals surface area contributed by atoms with Crippen LogP contribution in [0.15, 0.2) is 18.5 Å². The average Bonchev–Trinajstić information content (AvgIpc) is 3.03. The number of aryl methyl sites for hydroxylation is 2. The van der Waals surface area contributed by atoms with E-state index >= 15 is 0 Å². The third-order valence-corrected chi connectivity index (χ3v) is 3.21. The molecule has 0 radical (unpaired) electrons. The van der Waals surface area contributed by atoms with E-state index in [9.17, 15) is 18.0 Å². The van der Waals surface area contributed by atoms with Gasteiger partial charge in [-0.1, -0.05) is 0 Å². The van der Waals surface area contributed by atoms with Crippen LogP contribution in [0.5, 0.6) is 0 Å². The highest BCUT2D eigenvalue weighted by Crippen LogP contribution is 2.28. The lowest BCUT2D eigenvalue weighted by Gasteiger charge is -2.13. The van der Waals surface area contributed by atoms with Gasteiger partial charge in [0.05, 0.1) is 18.4 Å². The molecule has 10 heteroatoms. The van der Waals surface area contributed by atoms with Crippen LogP contribution in [-0.2, 0) is 36.3 Å². The highest BCUT2D eigenvalue weighted by Gasteiger charge is 2.34. The van der Waals surface area contributed by atoms with E-state index in [0.717, 1.165) is 10.7 Å². The lowest BCUT2D eigenvalue weighted by Crippen LogP contribution is -2.30. The van der Waals surface area contributed by atoms with Gasteiger partial charge in [-0.05, 0) is 6.07 Å². The summed E-state index contributed by atoms with van der Waals surface area (Å²) in [7, 11) is 4.44. The Kier molecular flexibility index (Phi) is 4.73. The second-order valence-electron chi connectivity index (χ2n) is 4.92. The van der Waals surface area contributed by atoms with Crippen LogP contribution in [0.4, 0.5) is 13.2 Å². The minimum Gasteiger partial charge on any atom is -0.367 e. The summed E-state index contributed by atoms with van der Waals surface area (Å²) >= 11 is 0.